The molecule has 120 valence electrons. The van der Waals surface area contributed by atoms with Gasteiger partial charge >= 0.3 is 0 Å². The molecule has 0 bridgehead atoms. The molecular weight excluding hydrogens is 294 g/mol. The van der Waals surface area contributed by atoms with Crippen LogP contribution in [-0.2, 0) is 16.6 Å². The van der Waals surface area contributed by atoms with Crippen LogP contribution in [0.15, 0.2) is 21.6 Å². The van der Waals surface area contributed by atoms with Gasteiger partial charge in [-0.25, -0.2) is 12.7 Å². The fraction of sp³-hybridized carbons (Fsp3) is 0.692. The first-order valence-corrected chi connectivity index (χ1v) is 8.44. The quantitative estimate of drug-likeness (QED) is 0.772. The average molecular weight is 317 g/mol. The standard InChI is InChI=1S/C13H23N3O4S/c1-14(2)21(18,19)13-4-3-12(20-13)11-16-7-5-15(6-8-16)9-10-17/h3-4,17H,5-11H2,1-2H3. The highest BCUT2D eigenvalue weighted by Crippen LogP contribution is 2.18. The first kappa shape index (κ1) is 16.4. The van der Waals surface area contributed by atoms with E-state index in [1.807, 2.05) is 0 Å². The van der Waals surface area contributed by atoms with Crippen molar-refractivity contribution in [1.82, 2.24) is 14.1 Å². The predicted molar refractivity (Wildman–Crippen MR) is 78.4 cm³/mol. The van der Waals surface area contributed by atoms with Crippen molar-refractivity contribution in [3.05, 3.63) is 17.9 Å². The summed E-state index contributed by atoms with van der Waals surface area (Å²) in [5, 5.41) is 8.90. The summed E-state index contributed by atoms with van der Waals surface area (Å²) in [6.07, 6.45) is 0. The summed E-state index contributed by atoms with van der Waals surface area (Å²) in [6.45, 7) is 5.08. The van der Waals surface area contributed by atoms with Gasteiger partial charge < -0.3 is 9.52 Å². The van der Waals surface area contributed by atoms with E-state index in [9.17, 15) is 8.42 Å². The topological polar surface area (TPSA) is 77.2 Å². The molecule has 2 heterocycles. The van der Waals surface area contributed by atoms with Crippen molar-refractivity contribution in [1.29, 1.82) is 0 Å². The van der Waals surface area contributed by atoms with E-state index in [-0.39, 0.29) is 11.7 Å². The van der Waals surface area contributed by atoms with E-state index >= 15 is 0 Å². The minimum absolute atomic E-state index is 0.0126. The summed E-state index contributed by atoms with van der Waals surface area (Å²) in [4.78, 5) is 4.43. The molecule has 0 unspecified atom stereocenters. The molecule has 2 rings (SSSR count). The third kappa shape index (κ3) is 4.04. The number of nitrogens with zero attached hydrogens (tertiary/aromatic N) is 3. The highest BCUT2D eigenvalue weighted by molar-refractivity contribution is 7.88. The molecular formula is C13H23N3O4S. The lowest BCUT2D eigenvalue weighted by molar-refractivity contribution is 0.103. The number of β-amino-alcohol motifs (C(OH)–C–C–N with tert-alkyl or cyclic N) is 1. The maximum absolute atomic E-state index is 11.9. The van der Waals surface area contributed by atoms with Crippen molar-refractivity contribution < 1.29 is 17.9 Å². The Morgan fingerprint density at radius 2 is 1.81 bits per heavy atom. The second kappa shape index (κ2) is 6.89. The maximum atomic E-state index is 11.9. The van der Waals surface area contributed by atoms with Crippen molar-refractivity contribution in [2.45, 2.75) is 11.6 Å². The molecule has 8 heteroatoms. The molecule has 0 saturated carbocycles. The largest absolute Gasteiger partial charge is 0.447 e. The number of hydrogen-bond acceptors (Lipinski definition) is 6. The molecule has 7 nitrogen and oxygen atoms in total. The summed E-state index contributed by atoms with van der Waals surface area (Å²) < 4.78 is 30.5. The van der Waals surface area contributed by atoms with Crippen LogP contribution in [-0.4, -0.2) is 81.1 Å². The van der Waals surface area contributed by atoms with Gasteiger partial charge in [-0.3, -0.25) is 9.80 Å². The van der Waals surface area contributed by atoms with Gasteiger partial charge in [-0.05, 0) is 12.1 Å². The Hall–Kier alpha value is -0.930. The predicted octanol–water partition coefficient (Wildman–Crippen LogP) is -0.360. The highest BCUT2D eigenvalue weighted by Gasteiger charge is 2.23. The Morgan fingerprint density at radius 3 is 2.38 bits per heavy atom. The summed E-state index contributed by atoms with van der Waals surface area (Å²) >= 11 is 0. The van der Waals surface area contributed by atoms with Gasteiger partial charge in [-0.15, -0.1) is 0 Å². The van der Waals surface area contributed by atoms with E-state index in [0.717, 1.165) is 30.5 Å². The SMILES string of the molecule is CN(C)S(=O)(=O)c1ccc(CN2CCN(CCO)CC2)o1. The van der Waals surface area contributed by atoms with Gasteiger partial charge in [0.25, 0.3) is 10.0 Å². The van der Waals surface area contributed by atoms with Gasteiger partial charge in [0.2, 0.25) is 5.09 Å². The fourth-order valence-electron chi connectivity index (χ4n) is 2.29. The number of furan rings is 1. The van der Waals surface area contributed by atoms with E-state index in [0.29, 0.717) is 18.8 Å². The van der Waals surface area contributed by atoms with Crippen molar-refractivity contribution >= 4 is 10.0 Å². The molecule has 1 aliphatic heterocycles. The molecule has 21 heavy (non-hydrogen) atoms. The zero-order chi connectivity index (χ0) is 15.5. The third-order valence-corrected chi connectivity index (χ3v) is 5.32. The Labute approximate surface area is 125 Å². The van der Waals surface area contributed by atoms with Gasteiger partial charge in [-0.1, -0.05) is 0 Å². The maximum Gasteiger partial charge on any atom is 0.275 e. The summed E-state index contributed by atoms with van der Waals surface area (Å²) in [5.74, 6) is 0.658. The van der Waals surface area contributed by atoms with Crippen LogP contribution in [0.2, 0.25) is 0 Å². The van der Waals surface area contributed by atoms with Crippen LogP contribution in [0.5, 0.6) is 0 Å². The van der Waals surface area contributed by atoms with Gasteiger partial charge in [0.05, 0.1) is 13.2 Å². The van der Waals surface area contributed by atoms with Crippen LogP contribution in [0.1, 0.15) is 5.76 Å². The van der Waals surface area contributed by atoms with Crippen LogP contribution >= 0.6 is 0 Å². The van der Waals surface area contributed by atoms with Crippen LogP contribution in [0.4, 0.5) is 0 Å². The summed E-state index contributed by atoms with van der Waals surface area (Å²) in [6, 6.07) is 3.23. The molecule has 1 aromatic heterocycles. The Morgan fingerprint density at radius 1 is 1.19 bits per heavy atom. The minimum Gasteiger partial charge on any atom is -0.447 e. The molecule has 1 aromatic rings. The number of sulfonamides is 1. The molecule has 0 spiro atoms. The van der Waals surface area contributed by atoms with Crippen LogP contribution in [0.3, 0.4) is 0 Å². The molecule has 0 radical (unpaired) electrons. The fourth-order valence-corrected chi connectivity index (χ4v) is 3.11. The van der Waals surface area contributed by atoms with Gasteiger partial charge in [0.1, 0.15) is 5.76 Å². The lowest BCUT2D eigenvalue weighted by Crippen LogP contribution is -2.46. The normalized spacial score (nSPS) is 18.5. The monoisotopic (exact) mass is 317 g/mol. The first-order chi connectivity index (χ1) is 9.93. The van der Waals surface area contributed by atoms with Crippen molar-refractivity contribution in [3.63, 3.8) is 0 Å². The molecule has 0 aliphatic carbocycles. The van der Waals surface area contributed by atoms with Crippen LogP contribution < -0.4 is 0 Å². The Kier molecular flexibility index (Phi) is 5.39. The van der Waals surface area contributed by atoms with Crippen molar-refractivity contribution in [2.75, 3.05) is 53.4 Å². The molecule has 0 atom stereocenters. The number of rotatable bonds is 6. The average Bonchev–Trinajstić information content (AvgIpc) is 2.90. The van der Waals surface area contributed by atoms with E-state index in [1.165, 1.54) is 20.2 Å². The first-order valence-electron chi connectivity index (χ1n) is 7.00. The summed E-state index contributed by atoms with van der Waals surface area (Å²) in [5.41, 5.74) is 0. The van der Waals surface area contributed by atoms with Crippen LogP contribution in [0, 0.1) is 0 Å². The third-order valence-electron chi connectivity index (χ3n) is 3.63. The highest BCUT2D eigenvalue weighted by atomic mass is 32.2. The number of aliphatic hydroxyl groups is 1. The van der Waals surface area contributed by atoms with E-state index < -0.39 is 10.0 Å². The number of hydrogen-bond donors (Lipinski definition) is 1. The van der Waals surface area contributed by atoms with Gasteiger partial charge in [0, 0.05) is 46.8 Å². The van der Waals surface area contributed by atoms with E-state index in [2.05, 4.69) is 9.80 Å². The molecule has 1 fully saturated rings. The molecule has 0 amide bonds. The van der Waals surface area contributed by atoms with Crippen LogP contribution in [0.25, 0.3) is 0 Å². The zero-order valence-electron chi connectivity index (χ0n) is 12.5. The van der Waals surface area contributed by atoms with Crippen molar-refractivity contribution in [2.24, 2.45) is 0 Å². The summed E-state index contributed by atoms with van der Waals surface area (Å²) in [7, 11) is -0.533. The van der Waals surface area contributed by atoms with E-state index in [4.69, 9.17) is 9.52 Å². The molecule has 0 aromatic carbocycles. The van der Waals surface area contributed by atoms with E-state index in [1.54, 1.807) is 6.07 Å². The second-order valence-corrected chi connectivity index (χ2v) is 7.43. The lowest BCUT2D eigenvalue weighted by Gasteiger charge is -2.33. The second-order valence-electron chi connectivity index (χ2n) is 5.35. The molecule has 1 aliphatic rings. The minimum atomic E-state index is -3.50. The zero-order valence-corrected chi connectivity index (χ0v) is 13.3. The van der Waals surface area contributed by atoms with Gasteiger partial charge in [-0.2, -0.15) is 0 Å². The molecule has 1 N–H and O–H groups in total. The smallest absolute Gasteiger partial charge is 0.275 e. The molecule has 1 saturated heterocycles. The Bertz CT molecular complexity index is 548. The lowest BCUT2D eigenvalue weighted by atomic mass is 10.3. The van der Waals surface area contributed by atoms with Crippen molar-refractivity contribution in [3.8, 4) is 0 Å². The Balaban J connectivity index is 1.92. The number of piperazine rings is 1. The van der Waals surface area contributed by atoms with Gasteiger partial charge in [0.15, 0.2) is 0 Å². The number of aliphatic hydroxyl groups excluding tert-OH is 1.